The number of nitrogens with zero attached hydrogens (tertiary/aromatic N) is 3. The number of sulfonamides is 1. The maximum absolute atomic E-state index is 13.6. The van der Waals surface area contributed by atoms with E-state index in [-0.39, 0.29) is 34.8 Å². The Labute approximate surface area is 205 Å². The number of aryl methyl sites for hydroxylation is 1. The Bertz CT molecular complexity index is 1220. The van der Waals surface area contributed by atoms with Crippen molar-refractivity contribution in [3.63, 3.8) is 0 Å². The molecule has 1 aromatic carbocycles. The van der Waals surface area contributed by atoms with Gasteiger partial charge in [-0.15, -0.1) is 0 Å². The van der Waals surface area contributed by atoms with E-state index in [2.05, 4.69) is 10.3 Å². The lowest BCUT2D eigenvalue weighted by molar-refractivity contribution is -0.121. The number of halogens is 1. The first-order chi connectivity index (χ1) is 16.2. The van der Waals surface area contributed by atoms with E-state index in [1.165, 1.54) is 6.07 Å². The molecule has 1 amide bonds. The molecule has 8 nitrogen and oxygen atoms in total. The molecule has 34 heavy (non-hydrogen) atoms. The van der Waals surface area contributed by atoms with Gasteiger partial charge in [-0.3, -0.25) is 9.59 Å². The minimum Gasteiger partial charge on any atom is -0.317 e. The van der Waals surface area contributed by atoms with Crippen molar-refractivity contribution in [3.05, 3.63) is 57.7 Å². The molecule has 0 spiro atoms. The molecule has 2 aromatic rings. The zero-order chi connectivity index (χ0) is 24.9. The van der Waals surface area contributed by atoms with E-state index >= 15 is 0 Å². The van der Waals surface area contributed by atoms with Gasteiger partial charge in [0, 0.05) is 22.9 Å². The largest absolute Gasteiger partial charge is 0.317 e. The summed E-state index contributed by atoms with van der Waals surface area (Å²) in [5, 5.41) is 13.4. The molecule has 3 rings (SSSR count). The fourth-order valence-corrected chi connectivity index (χ4v) is 5.63. The van der Waals surface area contributed by atoms with Crippen molar-refractivity contribution in [2.24, 2.45) is 5.92 Å². The fourth-order valence-electron chi connectivity index (χ4n) is 3.94. The van der Waals surface area contributed by atoms with Crippen LogP contribution in [0.3, 0.4) is 0 Å². The summed E-state index contributed by atoms with van der Waals surface area (Å²) in [6, 6.07) is 9.57. The van der Waals surface area contributed by atoms with Crippen LogP contribution in [0, 0.1) is 24.2 Å². The molecule has 1 fully saturated rings. The second-order valence-corrected chi connectivity index (χ2v) is 10.5. The number of pyridine rings is 1. The topological polar surface area (TPSA) is 120 Å². The maximum atomic E-state index is 13.6. The van der Waals surface area contributed by atoms with Crippen LogP contribution in [0.15, 0.2) is 30.3 Å². The van der Waals surface area contributed by atoms with Crippen LogP contribution in [0.5, 0.6) is 0 Å². The molecule has 0 unspecified atom stereocenters. The second-order valence-electron chi connectivity index (χ2n) is 8.29. The Morgan fingerprint density at radius 3 is 2.47 bits per heavy atom. The fraction of sp³-hybridized carbons (Fsp3) is 0.417. The summed E-state index contributed by atoms with van der Waals surface area (Å²) >= 11 is 5.92. The summed E-state index contributed by atoms with van der Waals surface area (Å²) in [6.45, 7) is 4.61. The number of aromatic nitrogens is 1. The van der Waals surface area contributed by atoms with E-state index < -0.39 is 27.6 Å². The summed E-state index contributed by atoms with van der Waals surface area (Å²) in [7, 11) is -4.26. The van der Waals surface area contributed by atoms with Crippen LogP contribution in [0.25, 0.3) is 0 Å². The van der Waals surface area contributed by atoms with Gasteiger partial charge >= 0.3 is 0 Å². The summed E-state index contributed by atoms with van der Waals surface area (Å²) in [4.78, 5) is 30.4. The van der Waals surface area contributed by atoms with Gasteiger partial charge in [0.15, 0.2) is 11.6 Å². The number of amides is 1. The molecule has 10 heteroatoms. The number of hydrogen-bond donors (Lipinski definition) is 1. The lowest BCUT2D eigenvalue weighted by atomic mass is 9.97. The van der Waals surface area contributed by atoms with Gasteiger partial charge in [0.25, 0.3) is 0 Å². The molecule has 1 N–H and O–H groups in total. The first-order valence-corrected chi connectivity index (χ1v) is 13.1. The Morgan fingerprint density at radius 2 is 1.88 bits per heavy atom. The van der Waals surface area contributed by atoms with Crippen molar-refractivity contribution in [2.45, 2.75) is 45.3 Å². The normalized spacial score (nSPS) is 14.4. The zero-order valence-electron chi connectivity index (χ0n) is 19.2. The minimum absolute atomic E-state index is 0.132. The highest BCUT2D eigenvalue weighted by Crippen LogP contribution is 2.29. The van der Waals surface area contributed by atoms with E-state index in [0.717, 1.165) is 0 Å². The van der Waals surface area contributed by atoms with E-state index in [1.807, 2.05) is 13.0 Å². The van der Waals surface area contributed by atoms with Crippen molar-refractivity contribution < 1.29 is 18.0 Å². The SMILES string of the molecule is CCCC(=O)c1cc(C#N)c(N(C(=O)C2CCNCC2)S(=O)(=O)Cc2ccc(Cl)cc2)nc1C. The third kappa shape index (κ3) is 5.81. The lowest BCUT2D eigenvalue weighted by Crippen LogP contribution is -2.45. The Hall–Kier alpha value is -2.80. The highest BCUT2D eigenvalue weighted by molar-refractivity contribution is 7.92. The molecule has 1 aliphatic heterocycles. The van der Waals surface area contributed by atoms with Crippen LogP contribution in [0.4, 0.5) is 5.82 Å². The zero-order valence-corrected chi connectivity index (χ0v) is 20.7. The number of anilines is 1. The molecule has 1 aromatic heterocycles. The van der Waals surface area contributed by atoms with Gasteiger partial charge in [0.2, 0.25) is 15.9 Å². The summed E-state index contributed by atoms with van der Waals surface area (Å²) < 4.78 is 27.9. The number of Topliss-reactive ketones (excluding diaryl/α,β-unsaturated/α-hetero) is 1. The van der Waals surface area contributed by atoms with Crippen LogP contribution in [0.1, 0.15) is 59.8 Å². The monoisotopic (exact) mass is 502 g/mol. The van der Waals surface area contributed by atoms with Crippen molar-refractivity contribution in [3.8, 4) is 6.07 Å². The van der Waals surface area contributed by atoms with Gasteiger partial charge in [-0.25, -0.2) is 13.4 Å². The van der Waals surface area contributed by atoms with Crippen LogP contribution in [-0.4, -0.2) is 38.2 Å². The first kappa shape index (κ1) is 25.8. The standard InChI is InChI=1S/C24H27ClN4O4S/c1-3-4-22(30)21-13-19(14-26)23(28-16(21)2)29(24(31)18-9-11-27-12-10-18)34(32,33)15-17-5-7-20(25)8-6-17/h5-8,13,18,27H,3-4,9-12,15H2,1-2H3. The van der Waals surface area contributed by atoms with Crippen molar-refractivity contribution in [1.29, 1.82) is 5.26 Å². The highest BCUT2D eigenvalue weighted by Gasteiger charge is 2.37. The van der Waals surface area contributed by atoms with Gasteiger partial charge in [-0.05, 0) is 63.0 Å². The van der Waals surface area contributed by atoms with Crippen LogP contribution < -0.4 is 9.62 Å². The third-order valence-electron chi connectivity index (χ3n) is 5.71. The van der Waals surface area contributed by atoms with Crippen molar-refractivity contribution in [2.75, 3.05) is 17.4 Å². The van der Waals surface area contributed by atoms with Gasteiger partial charge in [-0.1, -0.05) is 30.7 Å². The molecule has 0 saturated carbocycles. The number of carbonyl (C=O) groups is 2. The molecule has 0 atom stereocenters. The van der Waals surface area contributed by atoms with Crippen molar-refractivity contribution >= 4 is 39.1 Å². The number of nitrogens with one attached hydrogen (secondary N) is 1. The quantitative estimate of drug-likeness (QED) is 0.545. The number of rotatable bonds is 8. The van der Waals surface area contributed by atoms with E-state index in [9.17, 15) is 23.3 Å². The van der Waals surface area contributed by atoms with E-state index in [0.29, 0.717) is 47.2 Å². The van der Waals surface area contributed by atoms with E-state index in [4.69, 9.17) is 11.6 Å². The molecule has 1 aliphatic rings. The summed E-state index contributed by atoms with van der Waals surface area (Å²) in [6.07, 6.45) is 1.84. The van der Waals surface area contributed by atoms with E-state index in [1.54, 1.807) is 31.2 Å². The molecular weight excluding hydrogens is 476 g/mol. The number of benzene rings is 1. The smallest absolute Gasteiger partial charge is 0.247 e. The Kier molecular flexibility index (Phi) is 8.42. The second kappa shape index (κ2) is 11.1. The molecule has 0 aliphatic carbocycles. The molecule has 0 radical (unpaired) electrons. The van der Waals surface area contributed by atoms with Gasteiger partial charge < -0.3 is 5.32 Å². The van der Waals surface area contributed by atoms with Crippen LogP contribution in [-0.2, 0) is 20.6 Å². The van der Waals surface area contributed by atoms with Gasteiger partial charge in [-0.2, -0.15) is 9.57 Å². The number of piperidine rings is 1. The average molecular weight is 503 g/mol. The molecular formula is C24H27ClN4O4S. The predicted molar refractivity (Wildman–Crippen MR) is 130 cm³/mol. The van der Waals surface area contributed by atoms with Crippen LogP contribution in [0.2, 0.25) is 5.02 Å². The number of nitriles is 1. The Balaban J connectivity index is 2.12. The molecule has 2 heterocycles. The number of ketones is 1. The lowest BCUT2D eigenvalue weighted by Gasteiger charge is -2.29. The highest BCUT2D eigenvalue weighted by atomic mass is 35.5. The third-order valence-corrected chi connectivity index (χ3v) is 7.57. The molecule has 1 saturated heterocycles. The summed E-state index contributed by atoms with van der Waals surface area (Å²) in [5.74, 6) is -2.06. The summed E-state index contributed by atoms with van der Waals surface area (Å²) in [5.41, 5.74) is 0.841. The van der Waals surface area contributed by atoms with Gasteiger partial charge in [0.1, 0.15) is 6.07 Å². The first-order valence-electron chi connectivity index (χ1n) is 11.1. The molecule has 180 valence electrons. The average Bonchev–Trinajstić information content (AvgIpc) is 2.81. The van der Waals surface area contributed by atoms with Crippen molar-refractivity contribution in [1.82, 2.24) is 10.3 Å². The maximum Gasteiger partial charge on any atom is 0.247 e. The van der Waals surface area contributed by atoms with Crippen LogP contribution >= 0.6 is 11.6 Å². The Morgan fingerprint density at radius 1 is 1.24 bits per heavy atom. The molecule has 0 bridgehead atoms. The number of hydrogen-bond acceptors (Lipinski definition) is 7. The van der Waals surface area contributed by atoms with Gasteiger partial charge in [0.05, 0.1) is 17.0 Å². The number of carbonyl (C=O) groups excluding carboxylic acids is 2. The predicted octanol–water partition coefficient (Wildman–Crippen LogP) is 3.76. The minimum atomic E-state index is -4.26.